The first kappa shape index (κ1) is 20.3. The van der Waals surface area contributed by atoms with Crippen molar-refractivity contribution in [2.24, 2.45) is 11.8 Å². The number of hydrogen-bond acceptors (Lipinski definition) is 3. The molecule has 30 heavy (non-hydrogen) atoms. The van der Waals surface area contributed by atoms with Crippen LogP contribution in [-0.4, -0.2) is 19.0 Å². The summed E-state index contributed by atoms with van der Waals surface area (Å²) in [7, 11) is 0. The van der Waals surface area contributed by atoms with Gasteiger partial charge in [-0.2, -0.15) is 13.2 Å². The van der Waals surface area contributed by atoms with Gasteiger partial charge in [-0.15, -0.1) is 0 Å². The first-order chi connectivity index (χ1) is 14.2. The Balaban J connectivity index is 1.64. The summed E-state index contributed by atoms with van der Waals surface area (Å²) in [6.07, 6.45) is -1.99. The molecule has 2 aromatic carbocycles. The summed E-state index contributed by atoms with van der Waals surface area (Å²) in [6, 6.07) is 11.5. The number of carbonyl (C=O) groups excluding carboxylic acids is 1. The monoisotopic (exact) mass is 415 g/mol. The van der Waals surface area contributed by atoms with Crippen LogP contribution in [0.2, 0.25) is 0 Å². The summed E-state index contributed by atoms with van der Waals surface area (Å²) in [4.78, 5) is 14.0. The molecule has 1 amide bonds. The standard InChI is InChI=1S/C23H24F3N3O/c1-14-9-15(2)13-29(12-14)21-8-7-16(10-19(21)23(24,25)26)27-11-18-17-5-3-4-6-20(17)28-22(18)30/h3-8,10-11,14-15,27H,9,12-13H2,1-2H3,(H,28,30)/b18-11+. The number of anilines is 3. The molecule has 4 rings (SSSR count). The van der Waals surface area contributed by atoms with Crippen molar-refractivity contribution in [3.8, 4) is 0 Å². The van der Waals surface area contributed by atoms with Gasteiger partial charge in [-0.25, -0.2) is 0 Å². The lowest BCUT2D eigenvalue weighted by Gasteiger charge is -2.38. The number of alkyl halides is 3. The Labute approximate surface area is 173 Å². The van der Waals surface area contributed by atoms with Gasteiger partial charge in [-0.05, 0) is 42.5 Å². The van der Waals surface area contributed by atoms with Crippen molar-refractivity contribution in [2.75, 3.05) is 28.6 Å². The second kappa shape index (κ2) is 7.70. The van der Waals surface area contributed by atoms with Crippen LogP contribution in [0.15, 0.2) is 48.7 Å². The van der Waals surface area contributed by atoms with Gasteiger partial charge in [0.1, 0.15) is 0 Å². The van der Waals surface area contributed by atoms with Crippen LogP contribution in [0, 0.1) is 11.8 Å². The molecule has 2 aliphatic heterocycles. The summed E-state index contributed by atoms with van der Waals surface area (Å²) >= 11 is 0. The highest BCUT2D eigenvalue weighted by molar-refractivity contribution is 6.31. The van der Waals surface area contributed by atoms with Crippen molar-refractivity contribution in [3.05, 3.63) is 59.8 Å². The molecule has 1 fully saturated rings. The minimum absolute atomic E-state index is 0.211. The number of nitrogens with zero attached hydrogens (tertiary/aromatic N) is 1. The van der Waals surface area contributed by atoms with Gasteiger partial charge in [0.15, 0.2) is 0 Å². The highest BCUT2D eigenvalue weighted by Gasteiger charge is 2.36. The fourth-order valence-electron chi connectivity index (χ4n) is 4.43. The van der Waals surface area contributed by atoms with Crippen LogP contribution in [0.1, 0.15) is 31.4 Å². The van der Waals surface area contributed by atoms with Crippen molar-refractivity contribution in [1.29, 1.82) is 0 Å². The van der Waals surface area contributed by atoms with Gasteiger partial charge in [-0.1, -0.05) is 32.0 Å². The largest absolute Gasteiger partial charge is 0.418 e. The fourth-order valence-corrected chi connectivity index (χ4v) is 4.43. The lowest BCUT2D eigenvalue weighted by Crippen LogP contribution is -2.39. The number of para-hydroxylation sites is 1. The smallest absolute Gasteiger partial charge is 0.371 e. The molecule has 4 nitrogen and oxygen atoms in total. The number of benzene rings is 2. The van der Waals surface area contributed by atoms with E-state index in [4.69, 9.17) is 0 Å². The number of nitrogens with one attached hydrogen (secondary N) is 2. The Morgan fingerprint density at radius 2 is 1.80 bits per heavy atom. The molecule has 7 heteroatoms. The Morgan fingerprint density at radius 3 is 2.50 bits per heavy atom. The molecule has 2 atom stereocenters. The first-order valence-corrected chi connectivity index (χ1v) is 10.1. The van der Waals surface area contributed by atoms with E-state index in [9.17, 15) is 18.0 Å². The van der Waals surface area contributed by atoms with Crippen molar-refractivity contribution < 1.29 is 18.0 Å². The van der Waals surface area contributed by atoms with E-state index in [-0.39, 0.29) is 17.3 Å². The van der Waals surface area contributed by atoms with Crippen molar-refractivity contribution in [3.63, 3.8) is 0 Å². The zero-order chi connectivity index (χ0) is 21.5. The predicted octanol–water partition coefficient (Wildman–Crippen LogP) is 5.59. The lowest BCUT2D eigenvalue weighted by atomic mass is 9.91. The molecule has 0 spiro atoms. The number of fused-ring (bicyclic) bond motifs is 1. The maximum atomic E-state index is 13.8. The van der Waals surface area contributed by atoms with E-state index in [0.717, 1.165) is 18.1 Å². The third-order valence-corrected chi connectivity index (χ3v) is 5.60. The minimum Gasteiger partial charge on any atom is -0.371 e. The zero-order valence-electron chi connectivity index (χ0n) is 16.9. The van der Waals surface area contributed by atoms with E-state index in [1.54, 1.807) is 18.2 Å². The van der Waals surface area contributed by atoms with Crippen LogP contribution in [0.5, 0.6) is 0 Å². The van der Waals surface area contributed by atoms with Gasteiger partial charge in [0.2, 0.25) is 0 Å². The van der Waals surface area contributed by atoms with E-state index in [1.807, 2.05) is 17.0 Å². The molecular formula is C23H24F3N3O. The highest BCUT2D eigenvalue weighted by atomic mass is 19.4. The van der Waals surface area contributed by atoms with Gasteiger partial charge >= 0.3 is 6.18 Å². The number of amides is 1. The Kier molecular flexibility index (Phi) is 5.22. The highest BCUT2D eigenvalue weighted by Crippen LogP contribution is 2.40. The third kappa shape index (κ3) is 4.01. The lowest BCUT2D eigenvalue weighted by molar-refractivity contribution is -0.137. The van der Waals surface area contributed by atoms with Crippen LogP contribution in [0.25, 0.3) is 5.57 Å². The number of halogens is 3. The predicted molar refractivity (Wildman–Crippen MR) is 113 cm³/mol. The number of piperidine rings is 1. The van der Waals surface area contributed by atoms with Crippen LogP contribution in [-0.2, 0) is 11.0 Å². The van der Waals surface area contributed by atoms with E-state index >= 15 is 0 Å². The van der Waals surface area contributed by atoms with E-state index in [1.165, 1.54) is 12.3 Å². The van der Waals surface area contributed by atoms with Gasteiger partial charge in [0.05, 0.1) is 11.1 Å². The van der Waals surface area contributed by atoms with Gasteiger partial charge < -0.3 is 15.5 Å². The summed E-state index contributed by atoms with van der Waals surface area (Å²) in [5, 5.41) is 5.62. The molecule has 0 bridgehead atoms. The fraction of sp³-hybridized carbons (Fsp3) is 0.348. The minimum atomic E-state index is -4.47. The molecule has 0 aromatic heterocycles. The molecule has 2 aromatic rings. The quantitative estimate of drug-likeness (QED) is 0.642. The molecule has 2 N–H and O–H groups in total. The molecular weight excluding hydrogens is 391 g/mol. The van der Waals surface area contributed by atoms with Crippen molar-refractivity contribution in [2.45, 2.75) is 26.4 Å². The second-order valence-corrected chi connectivity index (χ2v) is 8.28. The van der Waals surface area contributed by atoms with Gasteiger partial charge in [0.25, 0.3) is 5.91 Å². The van der Waals surface area contributed by atoms with Crippen molar-refractivity contribution >= 4 is 28.5 Å². The number of rotatable bonds is 3. The SMILES string of the molecule is CC1CC(C)CN(c2ccc(N/C=C3/C(=O)Nc4ccccc43)cc2C(F)(F)F)C1. The maximum absolute atomic E-state index is 13.8. The van der Waals surface area contributed by atoms with Crippen LogP contribution in [0.4, 0.5) is 30.2 Å². The first-order valence-electron chi connectivity index (χ1n) is 10.1. The molecule has 2 aliphatic rings. The van der Waals surface area contributed by atoms with E-state index in [2.05, 4.69) is 24.5 Å². The Morgan fingerprint density at radius 1 is 1.10 bits per heavy atom. The van der Waals surface area contributed by atoms with E-state index in [0.29, 0.717) is 36.2 Å². The average Bonchev–Trinajstić information content (AvgIpc) is 3.00. The number of carbonyl (C=O) groups is 1. The third-order valence-electron chi connectivity index (χ3n) is 5.60. The van der Waals surface area contributed by atoms with Crippen LogP contribution >= 0.6 is 0 Å². The maximum Gasteiger partial charge on any atom is 0.418 e. The van der Waals surface area contributed by atoms with E-state index < -0.39 is 11.7 Å². The molecule has 158 valence electrons. The summed E-state index contributed by atoms with van der Waals surface area (Å²) in [5.74, 6) is 0.407. The van der Waals surface area contributed by atoms with Gasteiger partial charge in [0, 0.05) is 41.9 Å². The summed E-state index contributed by atoms with van der Waals surface area (Å²) in [6.45, 7) is 5.37. The van der Waals surface area contributed by atoms with Crippen LogP contribution in [0.3, 0.4) is 0 Å². The summed E-state index contributed by atoms with van der Waals surface area (Å²) in [5.41, 5.74) is 1.64. The molecule has 0 radical (unpaired) electrons. The normalized spacial score (nSPS) is 22.8. The molecule has 1 saturated heterocycles. The van der Waals surface area contributed by atoms with Crippen LogP contribution < -0.4 is 15.5 Å². The number of hydrogen-bond donors (Lipinski definition) is 2. The summed E-state index contributed by atoms with van der Waals surface area (Å²) < 4.78 is 41.5. The topological polar surface area (TPSA) is 44.4 Å². The average molecular weight is 415 g/mol. The molecule has 2 unspecified atom stereocenters. The van der Waals surface area contributed by atoms with Crippen molar-refractivity contribution in [1.82, 2.24) is 0 Å². The zero-order valence-corrected chi connectivity index (χ0v) is 16.9. The Bertz CT molecular complexity index is 989. The second-order valence-electron chi connectivity index (χ2n) is 8.28. The molecule has 0 saturated carbocycles. The molecule has 2 heterocycles. The molecule has 0 aliphatic carbocycles. The Hall–Kier alpha value is -2.96. The van der Waals surface area contributed by atoms with Gasteiger partial charge in [-0.3, -0.25) is 4.79 Å².